The Kier molecular flexibility index (Phi) is 10.8. The van der Waals surface area contributed by atoms with Crippen molar-refractivity contribution in [3.05, 3.63) is 89.2 Å². The van der Waals surface area contributed by atoms with Gasteiger partial charge in [-0.1, -0.05) is 48.0 Å². The molecule has 0 spiro atoms. The van der Waals surface area contributed by atoms with E-state index >= 15 is 0 Å². The Balaban J connectivity index is 1.70. The molecular formula is C34H43FN4O4. The van der Waals surface area contributed by atoms with Crippen LogP contribution in [0.2, 0.25) is 0 Å². The number of ether oxygens (including phenoxy) is 2. The van der Waals surface area contributed by atoms with Crippen LogP contribution in [0.25, 0.3) is 0 Å². The van der Waals surface area contributed by atoms with Crippen LogP contribution >= 0.6 is 0 Å². The number of para-hydroxylation sites is 2. The van der Waals surface area contributed by atoms with Crippen LogP contribution in [0.4, 0.5) is 31.0 Å². The predicted molar refractivity (Wildman–Crippen MR) is 168 cm³/mol. The van der Waals surface area contributed by atoms with E-state index in [1.165, 1.54) is 11.0 Å². The average molecular weight is 591 g/mol. The van der Waals surface area contributed by atoms with Gasteiger partial charge in [0.2, 0.25) is 0 Å². The summed E-state index contributed by atoms with van der Waals surface area (Å²) in [4.78, 5) is 33.0. The molecule has 4 rings (SSSR count). The van der Waals surface area contributed by atoms with Crippen molar-refractivity contribution in [1.82, 2.24) is 9.80 Å². The number of halogens is 1. The Hall–Kier alpha value is -3.95. The predicted octanol–water partition coefficient (Wildman–Crippen LogP) is 7.27. The van der Waals surface area contributed by atoms with Gasteiger partial charge in [0.25, 0.3) is 0 Å². The van der Waals surface area contributed by atoms with E-state index in [4.69, 9.17) is 9.47 Å². The Bertz CT molecular complexity index is 1380. The number of benzene rings is 3. The summed E-state index contributed by atoms with van der Waals surface area (Å²) < 4.78 is 25.9. The highest BCUT2D eigenvalue weighted by Gasteiger charge is 2.28. The second-order valence-corrected chi connectivity index (χ2v) is 11.9. The van der Waals surface area contributed by atoms with Crippen molar-refractivity contribution in [2.24, 2.45) is 0 Å². The van der Waals surface area contributed by atoms with E-state index in [0.717, 1.165) is 37.2 Å². The third kappa shape index (κ3) is 9.27. The molecule has 3 aromatic carbocycles. The SMILES string of the molecule is Cc1ccc(CN(CCCN2CCOCC2)C(=O)N(c2ccc(C)c(F)c2)c2ccccc2NC(=O)OC(C)(C)C)cc1. The first-order valence-electron chi connectivity index (χ1n) is 14.8. The molecule has 0 bridgehead atoms. The number of urea groups is 1. The van der Waals surface area contributed by atoms with Crippen LogP contribution < -0.4 is 10.2 Å². The van der Waals surface area contributed by atoms with Gasteiger partial charge in [-0.05, 0) is 76.4 Å². The zero-order valence-corrected chi connectivity index (χ0v) is 25.9. The summed E-state index contributed by atoms with van der Waals surface area (Å²) in [6, 6.07) is 19.5. The number of morpholine rings is 1. The van der Waals surface area contributed by atoms with Crippen LogP contribution in [0.15, 0.2) is 66.7 Å². The molecule has 1 saturated heterocycles. The summed E-state index contributed by atoms with van der Waals surface area (Å²) in [5, 5.41) is 2.79. The minimum absolute atomic E-state index is 0.329. The van der Waals surface area contributed by atoms with Gasteiger partial charge in [0.15, 0.2) is 0 Å². The normalized spacial score (nSPS) is 13.8. The second-order valence-electron chi connectivity index (χ2n) is 11.9. The number of carbonyl (C=O) groups is 2. The molecule has 0 aromatic heterocycles. The van der Waals surface area contributed by atoms with Crippen LogP contribution in [0.1, 0.15) is 43.9 Å². The van der Waals surface area contributed by atoms with Crippen LogP contribution in [-0.2, 0) is 16.0 Å². The fraction of sp³-hybridized carbons (Fsp3) is 0.412. The van der Waals surface area contributed by atoms with Crippen molar-refractivity contribution in [1.29, 1.82) is 0 Å². The number of hydrogen-bond donors (Lipinski definition) is 1. The van der Waals surface area contributed by atoms with Crippen LogP contribution in [-0.4, -0.2) is 66.9 Å². The van der Waals surface area contributed by atoms with Crippen LogP contribution in [0.3, 0.4) is 0 Å². The van der Waals surface area contributed by atoms with Crippen molar-refractivity contribution in [3.63, 3.8) is 0 Å². The minimum atomic E-state index is -0.708. The molecule has 0 saturated carbocycles. The molecule has 1 aliphatic rings. The van der Waals surface area contributed by atoms with Gasteiger partial charge in [-0.15, -0.1) is 0 Å². The second kappa shape index (κ2) is 14.5. The highest BCUT2D eigenvalue weighted by molar-refractivity contribution is 6.04. The number of nitrogens with one attached hydrogen (secondary N) is 1. The highest BCUT2D eigenvalue weighted by atomic mass is 19.1. The van der Waals surface area contributed by atoms with Crippen LogP contribution in [0, 0.1) is 19.7 Å². The van der Waals surface area contributed by atoms with Crippen molar-refractivity contribution < 1.29 is 23.5 Å². The molecule has 3 amide bonds. The van der Waals surface area contributed by atoms with Crippen molar-refractivity contribution >= 4 is 29.2 Å². The Morgan fingerprint density at radius 3 is 2.37 bits per heavy atom. The van der Waals surface area contributed by atoms with Crippen LogP contribution in [0.5, 0.6) is 0 Å². The minimum Gasteiger partial charge on any atom is -0.444 e. The first-order valence-corrected chi connectivity index (χ1v) is 14.8. The van der Waals surface area contributed by atoms with E-state index in [1.54, 1.807) is 69.0 Å². The monoisotopic (exact) mass is 590 g/mol. The number of amides is 3. The lowest BCUT2D eigenvalue weighted by Crippen LogP contribution is -2.43. The van der Waals surface area contributed by atoms with Gasteiger partial charge in [0, 0.05) is 32.7 Å². The number of rotatable bonds is 9. The summed E-state index contributed by atoms with van der Waals surface area (Å²) in [7, 11) is 0. The van der Waals surface area contributed by atoms with Gasteiger partial charge < -0.3 is 14.4 Å². The molecule has 0 unspecified atom stereocenters. The number of anilines is 3. The molecule has 1 heterocycles. The van der Waals surface area contributed by atoms with Gasteiger partial charge in [-0.25, -0.2) is 14.0 Å². The maximum atomic E-state index is 15.0. The lowest BCUT2D eigenvalue weighted by Gasteiger charge is -2.33. The molecule has 8 nitrogen and oxygen atoms in total. The van der Waals surface area contributed by atoms with Gasteiger partial charge in [0.1, 0.15) is 11.4 Å². The first kappa shape index (κ1) is 32.0. The molecule has 1 aliphatic heterocycles. The largest absolute Gasteiger partial charge is 0.444 e. The zero-order chi connectivity index (χ0) is 31.0. The van der Waals surface area contributed by atoms with E-state index < -0.39 is 17.5 Å². The standard InChI is InChI=1S/C34H43FN4O4/c1-25-11-14-27(15-12-25)24-38(18-8-17-37-19-21-42-22-20-37)33(41)39(28-16-13-26(2)29(35)23-28)31-10-7-6-9-30(31)36-32(40)43-34(3,4)5/h6-7,9-16,23H,8,17-22,24H2,1-5H3,(H,36,40). The fourth-order valence-corrected chi connectivity index (χ4v) is 4.87. The Morgan fingerprint density at radius 2 is 1.70 bits per heavy atom. The third-order valence-corrected chi connectivity index (χ3v) is 7.16. The number of nitrogens with zero attached hydrogens (tertiary/aromatic N) is 3. The van der Waals surface area contributed by atoms with E-state index in [-0.39, 0.29) is 6.03 Å². The van der Waals surface area contributed by atoms with Crippen molar-refractivity contribution in [2.75, 3.05) is 49.6 Å². The Morgan fingerprint density at radius 1 is 1.00 bits per heavy atom. The van der Waals surface area contributed by atoms with Gasteiger partial charge in [0.05, 0.1) is 30.3 Å². The molecule has 43 heavy (non-hydrogen) atoms. The third-order valence-electron chi connectivity index (χ3n) is 7.16. The lowest BCUT2D eigenvalue weighted by molar-refractivity contribution is 0.0365. The molecular weight excluding hydrogens is 547 g/mol. The molecule has 1 N–H and O–H groups in total. The summed E-state index contributed by atoms with van der Waals surface area (Å²) >= 11 is 0. The maximum Gasteiger partial charge on any atom is 0.412 e. The first-order chi connectivity index (χ1) is 20.5. The fourth-order valence-electron chi connectivity index (χ4n) is 4.87. The van der Waals surface area contributed by atoms with Gasteiger partial charge in [-0.3, -0.25) is 15.1 Å². The number of aryl methyl sites for hydroxylation is 2. The number of carbonyl (C=O) groups excluding carboxylic acids is 2. The molecule has 0 atom stereocenters. The molecule has 1 fully saturated rings. The zero-order valence-electron chi connectivity index (χ0n) is 25.9. The van der Waals surface area contributed by atoms with Gasteiger partial charge in [-0.2, -0.15) is 0 Å². The topological polar surface area (TPSA) is 74.4 Å². The summed E-state index contributed by atoms with van der Waals surface area (Å²) in [5.41, 5.74) is 3.01. The average Bonchev–Trinajstić information content (AvgIpc) is 2.96. The van der Waals surface area contributed by atoms with Gasteiger partial charge >= 0.3 is 12.1 Å². The van der Waals surface area contributed by atoms with E-state index in [1.807, 2.05) is 31.2 Å². The highest BCUT2D eigenvalue weighted by Crippen LogP contribution is 2.35. The quantitative estimate of drug-likeness (QED) is 0.284. The van der Waals surface area contributed by atoms with Crippen molar-refractivity contribution in [3.8, 4) is 0 Å². The smallest absolute Gasteiger partial charge is 0.412 e. The van der Waals surface area contributed by atoms with E-state index in [2.05, 4.69) is 10.2 Å². The molecule has 9 heteroatoms. The van der Waals surface area contributed by atoms with E-state index in [9.17, 15) is 14.0 Å². The summed E-state index contributed by atoms with van der Waals surface area (Å²) in [5.74, 6) is -0.426. The molecule has 230 valence electrons. The van der Waals surface area contributed by atoms with Crippen molar-refractivity contribution in [2.45, 2.75) is 53.2 Å². The summed E-state index contributed by atoms with van der Waals surface area (Å²) in [6.07, 6.45) is 0.107. The summed E-state index contributed by atoms with van der Waals surface area (Å²) in [6.45, 7) is 13.9. The molecule has 3 aromatic rings. The number of hydrogen-bond acceptors (Lipinski definition) is 5. The Labute approximate surface area is 254 Å². The van der Waals surface area contributed by atoms with E-state index in [0.29, 0.717) is 48.9 Å². The maximum absolute atomic E-state index is 15.0. The molecule has 0 radical (unpaired) electrons. The molecule has 0 aliphatic carbocycles. The lowest BCUT2D eigenvalue weighted by atomic mass is 10.1.